The molecule has 2 fully saturated rings. The molecule has 1 amide bonds. The normalized spacial score (nSPS) is 20.7. The number of amides is 1. The van der Waals surface area contributed by atoms with E-state index < -0.39 is 0 Å². The highest BCUT2D eigenvalue weighted by atomic mass is 127. The van der Waals surface area contributed by atoms with E-state index in [0.29, 0.717) is 25.2 Å². The van der Waals surface area contributed by atoms with Gasteiger partial charge in [-0.05, 0) is 57.2 Å². The smallest absolute Gasteiger partial charge is 0.253 e. The SMILES string of the molecule is CN=C(NCc1cccc(NC(=O)C2CCCO2)c1)NC1CCN(C(C)C)CC1.I. The summed E-state index contributed by atoms with van der Waals surface area (Å²) in [4.78, 5) is 19.1. The van der Waals surface area contributed by atoms with Gasteiger partial charge in [0.05, 0.1) is 0 Å². The number of halogens is 1. The van der Waals surface area contributed by atoms with Gasteiger partial charge in [-0.3, -0.25) is 9.79 Å². The van der Waals surface area contributed by atoms with Gasteiger partial charge in [0.15, 0.2) is 5.96 Å². The number of hydrogen-bond acceptors (Lipinski definition) is 4. The van der Waals surface area contributed by atoms with Gasteiger partial charge in [0.25, 0.3) is 5.91 Å². The number of ether oxygens (including phenoxy) is 1. The van der Waals surface area contributed by atoms with Gasteiger partial charge in [0.2, 0.25) is 0 Å². The lowest BCUT2D eigenvalue weighted by molar-refractivity contribution is -0.124. The maximum absolute atomic E-state index is 12.2. The zero-order valence-corrected chi connectivity index (χ0v) is 20.6. The number of benzene rings is 1. The van der Waals surface area contributed by atoms with Crippen molar-refractivity contribution >= 4 is 41.5 Å². The molecular weight excluding hydrogens is 493 g/mol. The molecule has 2 saturated heterocycles. The number of aliphatic imine (C=N–C) groups is 1. The molecule has 0 saturated carbocycles. The topological polar surface area (TPSA) is 78.0 Å². The summed E-state index contributed by atoms with van der Waals surface area (Å²) in [5.74, 6) is 0.764. The van der Waals surface area contributed by atoms with Gasteiger partial charge in [0, 0.05) is 51.1 Å². The Kier molecular flexibility index (Phi) is 10.3. The Bertz CT molecular complexity index is 699. The number of nitrogens with zero attached hydrogens (tertiary/aromatic N) is 2. The lowest BCUT2D eigenvalue weighted by Gasteiger charge is -2.35. The zero-order chi connectivity index (χ0) is 20.6. The van der Waals surface area contributed by atoms with Crippen molar-refractivity contribution in [2.45, 2.75) is 64.3 Å². The van der Waals surface area contributed by atoms with Gasteiger partial charge < -0.3 is 25.6 Å². The van der Waals surface area contributed by atoms with Crippen molar-refractivity contribution in [2.24, 2.45) is 4.99 Å². The Morgan fingerprint density at radius 3 is 2.67 bits per heavy atom. The van der Waals surface area contributed by atoms with E-state index in [0.717, 1.165) is 56.0 Å². The van der Waals surface area contributed by atoms with E-state index in [2.05, 4.69) is 39.7 Å². The van der Waals surface area contributed by atoms with Crippen molar-refractivity contribution in [1.29, 1.82) is 0 Å². The minimum absolute atomic E-state index is 0. The molecule has 0 radical (unpaired) electrons. The first kappa shape index (κ1) is 24.9. The predicted octanol–water partition coefficient (Wildman–Crippen LogP) is 2.96. The second kappa shape index (κ2) is 12.5. The van der Waals surface area contributed by atoms with E-state index in [1.54, 1.807) is 7.05 Å². The van der Waals surface area contributed by atoms with Crippen LogP contribution in [-0.4, -0.2) is 61.7 Å². The third kappa shape index (κ3) is 7.39. The van der Waals surface area contributed by atoms with Crippen LogP contribution in [0.25, 0.3) is 0 Å². The van der Waals surface area contributed by atoms with Crippen molar-refractivity contribution in [3.63, 3.8) is 0 Å². The molecule has 7 nitrogen and oxygen atoms in total. The quantitative estimate of drug-likeness (QED) is 0.300. The van der Waals surface area contributed by atoms with Crippen LogP contribution in [-0.2, 0) is 16.1 Å². The highest BCUT2D eigenvalue weighted by Gasteiger charge is 2.23. The molecule has 3 rings (SSSR count). The Labute approximate surface area is 197 Å². The average molecular weight is 529 g/mol. The monoisotopic (exact) mass is 529 g/mol. The summed E-state index contributed by atoms with van der Waals surface area (Å²) in [7, 11) is 1.80. The highest BCUT2D eigenvalue weighted by molar-refractivity contribution is 14.0. The predicted molar refractivity (Wildman–Crippen MR) is 133 cm³/mol. The molecule has 8 heteroatoms. The van der Waals surface area contributed by atoms with E-state index >= 15 is 0 Å². The van der Waals surface area contributed by atoms with Gasteiger partial charge in [-0.1, -0.05) is 12.1 Å². The first-order valence-corrected chi connectivity index (χ1v) is 10.8. The summed E-state index contributed by atoms with van der Waals surface area (Å²) in [6.45, 7) is 8.08. The average Bonchev–Trinajstić information content (AvgIpc) is 3.27. The molecular formula is C22H36IN5O2. The second-order valence-electron chi connectivity index (χ2n) is 8.17. The van der Waals surface area contributed by atoms with E-state index in [-0.39, 0.29) is 36.0 Å². The molecule has 1 atom stereocenters. The molecule has 2 aliphatic heterocycles. The molecule has 2 heterocycles. The third-order valence-electron chi connectivity index (χ3n) is 5.70. The van der Waals surface area contributed by atoms with Crippen LogP contribution in [0.1, 0.15) is 45.1 Å². The lowest BCUT2D eigenvalue weighted by atomic mass is 10.0. The van der Waals surface area contributed by atoms with Crippen molar-refractivity contribution in [2.75, 3.05) is 32.1 Å². The van der Waals surface area contributed by atoms with Crippen LogP contribution in [0.2, 0.25) is 0 Å². The molecule has 168 valence electrons. The Balaban J connectivity index is 0.00000320. The summed E-state index contributed by atoms with van der Waals surface area (Å²) in [6.07, 6.45) is 3.69. The number of hydrogen-bond donors (Lipinski definition) is 3. The van der Waals surface area contributed by atoms with Crippen LogP contribution in [0.4, 0.5) is 5.69 Å². The van der Waals surface area contributed by atoms with Crippen LogP contribution >= 0.6 is 24.0 Å². The molecule has 2 aliphatic rings. The molecule has 1 aromatic rings. The summed E-state index contributed by atoms with van der Waals surface area (Å²) in [5.41, 5.74) is 1.89. The van der Waals surface area contributed by atoms with Gasteiger partial charge in [-0.25, -0.2) is 0 Å². The molecule has 0 spiro atoms. The van der Waals surface area contributed by atoms with Crippen LogP contribution in [0, 0.1) is 0 Å². The van der Waals surface area contributed by atoms with Gasteiger partial charge in [-0.15, -0.1) is 24.0 Å². The minimum atomic E-state index is -0.318. The molecule has 0 aromatic heterocycles. The Hall–Kier alpha value is -1.39. The maximum atomic E-state index is 12.2. The summed E-state index contributed by atoms with van der Waals surface area (Å²) in [6, 6.07) is 8.97. The van der Waals surface area contributed by atoms with Crippen LogP contribution in [0.15, 0.2) is 29.3 Å². The fraction of sp³-hybridized carbons (Fsp3) is 0.636. The minimum Gasteiger partial charge on any atom is -0.368 e. The van der Waals surface area contributed by atoms with Gasteiger partial charge >= 0.3 is 0 Å². The van der Waals surface area contributed by atoms with E-state index in [1.807, 2.05) is 24.3 Å². The Morgan fingerprint density at radius 2 is 2.03 bits per heavy atom. The zero-order valence-electron chi connectivity index (χ0n) is 18.3. The van der Waals surface area contributed by atoms with E-state index in [1.165, 1.54) is 0 Å². The van der Waals surface area contributed by atoms with Crippen molar-refractivity contribution in [1.82, 2.24) is 15.5 Å². The number of anilines is 1. The van der Waals surface area contributed by atoms with Crippen LogP contribution in [0.3, 0.4) is 0 Å². The first-order valence-electron chi connectivity index (χ1n) is 10.8. The lowest BCUT2D eigenvalue weighted by Crippen LogP contribution is -2.49. The fourth-order valence-corrected chi connectivity index (χ4v) is 3.90. The van der Waals surface area contributed by atoms with Gasteiger partial charge in [-0.2, -0.15) is 0 Å². The fourth-order valence-electron chi connectivity index (χ4n) is 3.90. The maximum Gasteiger partial charge on any atom is 0.253 e. The third-order valence-corrected chi connectivity index (χ3v) is 5.70. The summed E-state index contributed by atoms with van der Waals surface area (Å²) < 4.78 is 5.45. The largest absolute Gasteiger partial charge is 0.368 e. The van der Waals surface area contributed by atoms with Gasteiger partial charge in [0.1, 0.15) is 6.10 Å². The Morgan fingerprint density at radius 1 is 1.27 bits per heavy atom. The second-order valence-corrected chi connectivity index (χ2v) is 8.17. The number of piperidine rings is 1. The highest BCUT2D eigenvalue weighted by Crippen LogP contribution is 2.16. The standard InChI is InChI=1S/C22H35N5O2.HI/c1-16(2)27-11-9-18(10-12-27)26-22(23-3)24-15-17-6-4-7-19(14-17)25-21(28)20-8-5-13-29-20;/h4,6-7,14,16,18,20H,5,8-13,15H2,1-3H3,(H,25,28)(H2,23,24,26);1H. The van der Waals surface area contributed by atoms with Crippen molar-refractivity contribution in [3.8, 4) is 0 Å². The number of carbonyl (C=O) groups excluding carboxylic acids is 1. The number of rotatable bonds is 6. The number of carbonyl (C=O) groups is 1. The molecule has 3 N–H and O–H groups in total. The molecule has 0 aliphatic carbocycles. The molecule has 0 bridgehead atoms. The summed E-state index contributed by atoms with van der Waals surface area (Å²) in [5, 5.41) is 9.90. The molecule has 1 aromatic carbocycles. The number of guanidine groups is 1. The first-order chi connectivity index (χ1) is 14.0. The van der Waals surface area contributed by atoms with Crippen molar-refractivity contribution < 1.29 is 9.53 Å². The van der Waals surface area contributed by atoms with Crippen molar-refractivity contribution in [3.05, 3.63) is 29.8 Å². The summed E-state index contributed by atoms with van der Waals surface area (Å²) >= 11 is 0. The molecule has 1 unspecified atom stereocenters. The van der Waals surface area contributed by atoms with Crippen LogP contribution < -0.4 is 16.0 Å². The van der Waals surface area contributed by atoms with E-state index in [9.17, 15) is 4.79 Å². The number of likely N-dealkylation sites (tertiary alicyclic amines) is 1. The molecule has 30 heavy (non-hydrogen) atoms. The number of nitrogens with one attached hydrogen (secondary N) is 3. The van der Waals surface area contributed by atoms with E-state index in [4.69, 9.17) is 4.74 Å². The van der Waals surface area contributed by atoms with Crippen LogP contribution in [0.5, 0.6) is 0 Å².